The van der Waals surface area contributed by atoms with Crippen molar-refractivity contribution in [3.63, 3.8) is 0 Å². The molecule has 148 valence electrons. The van der Waals surface area contributed by atoms with Gasteiger partial charge in [-0.05, 0) is 38.0 Å². The fourth-order valence-corrected chi connectivity index (χ4v) is 4.60. The number of anilines is 1. The van der Waals surface area contributed by atoms with E-state index in [1.807, 2.05) is 19.9 Å². The highest BCUT2D eigenvalue weighted by Gasteiger charge is 2.17. The van der Waals surface area contributed by atoms with E-state index >= 15 is 0 Å². The normalized spacial score (nSPS) is 12.1. The number of aryl methyl sites for hydroxylation is 2. The second kappa shape index (κ2) is 9.34. The van der Waals surface area contributed by atoms with E-state index in [9.17, 15) is 9.18 Å². The Labute approximate surface area is 172 Å². The van der Waals surface area contributed by atoms with Gasteiger partial charge in [0.2, 0.25) is 5.91 Å². The van der Waals surface area contributed by atoms with Crippen molar-refractivity contribution in [1.82, 2.24) is 15.3 Å². The van der Waals surface area contributed by atoms with Crippen LogP contribution in [0.5, 0.6) is 0 Å². The summed E-state index contributed by atoms with van der Waals surface area (Å²) in [6.45, 7) is 6.44. The molecule has 0 saturated carbocycles. The van der Waals surface area contributed by atoms with Gasteiger partial charge in [-0.1, -0.05) is 18.2 Å². The van der Waals surface area contributed by atoms with Crippen molar-refractivity contribution in [2.75, 3.05) is 17.6 Å². The Morgan fingerprint density at radius 3 is 2.86 bits per heavy atom. The topological polar surface area (TPSA) is 66.9 Å². The summed E-state index contributed by atoms with van der Waals surface area (Å²) in [4.78, 5) is 23.1. The number of carbonyl (C=O) groups excluding carboxylic acids is 1. The van der Waals surface area contributed by atoms with Gasteiger partial charge in [0, 0.05) is 22.9 Å². The summed E-state index contributed by atoms with van der Waals surface area (Å²) < 4.78 is 13.6. The number of thiophene rings is 1. The molecule has 0 radical (unpaired) electrons. The summed E-state index contributed by atoms with van der Waals surface area (Å²) in [7, 11) is 0. The molecule has 0 aliphatic heterocycles. The van der Waals surface area contributed by atoms with Gasteiger partial charge < -0.3 is 10.6 Å². The van der Waals surface area contributed by atoms with Gasteiger partial charge in [-0.3, -0.25) is 4.79 Å². The molecule has 28 heavy (non-hydrogen) atoms. The quantitative estimate of drug-likeness (QED) is 0.534. The highest BCUT2D eigenvalue weighted by atomic mass is 32.2. The fraction of sp³-hybridized carbons (Fsp3) is 0.350. The lowest BCUT2D eigenvalue weighted by atomic mass is 10.2. The van der Waals surface area contributed by atoms with Gasteiger partial charge in [0.1, 0.15) is 28.8 Å². The molecule has 0 bridgehead atoms. The minimum absolute atomic E-state index is 0.0946. The Kier molecular flexibility index (Phi) is 6.85. The van der Waals surface area contributed by atoms with Crippen molar-refractivity contribution in [1.29, 1.82) is 0 Å². The van der Waals surface area contributed by atoms with Crippen molar-refractivity contribution >= 4 is 45.0 Å². The minimum Gasteiger partial charge on any atom is -0.358 e. The second-order valence-electron chi connectivity index (χ2n) is 6.49. The first-order valence-corrected chi connectivity index (χ1v) is 11.0. The molecule has 3 aromatic rings. The number of thioether (sulfide) groups is 1. The Bertz CT molecular complexity index is 976. The average Bonchev–Trinajstić information content (AvgIpc) is 2.97. The first-order valence-electron chi connectivity index (χ1n) is 9.03. The lowest BCUT2D eigenvalue weighted by molar-refractivity contribution is -0.121. The van der Waals surface area contributed by atoms with Crippen LogP contribution in [0, 0.1) is 19.7 Å². The van der Waals surface area contributed by atoms with Crippen LogP contribution in [-0.4, -0.2) is 34.2 Å². The number of nitrogens with zero attached hydrogens (tertiary/aromatic N) is 2. The molecule has 0 spiro atoms. The van der Waals surface area contributed by atoms with Crippen LogP contribution in [0.4, 0.5) is 10.2 Å². The summed E-state index contributed by atoms with van der Waals surface area (Å²) in [6, 6.07) is 6.33. The highest BCUT2D eigenvalue weighted by molar-refractivity contribution is 7.98. The number of carbonyl (C=O) groups is 1. The Morgan fingerprint density at radius 1 is 1.29 bits per heavy atom. The molecular formula is C20H23FN4OS2. The first kappa shape index (κ1) is 20.5. The van der Waals surface area contributed by atoms with Crippen molar-refractivity contribution in [3.8, 4) is 0 Å². The predicted octanol–water partition coefficient (Wildman–Crippen LogP) is 4.30. The molecular weight excluding hydrogens is 395 g/mol. The molecule has 1 atom stereocenters. The van der Waals surface area contributed by atoms with Crippen LogP contribution in [0.3, 0.4) is 0 Å². The molecule has 0 unspecified atom stereocenters. The van der Waals surface area contributed by atoms with Gasteiger partial charge >= 0.3 is 0 Å². The largest absolute Gasteiger partial charge is 0.358 e. The number of hydrogen-bond donors (Lipinski definition) is 2. The standard InChI is InChI=1S/C20H23FN4OS2/c1-12-14(3)28-20-17(12)18(23-11-24-20)25-13(2)19(26)22-8-9-27-10-15-6-4-5-7-16(15)21/h4-7,11,13H,8-10H2,1-3H3,(H,22,26)(H,23,24,25)/t13-/m1/s1. The monoisotopic (exact) mass is 418 g/mol. The third-order valence-corrected chi connectivity index (χ3v) is 6.60. The van der Waals surface area contributed by atoms with E-state index in [2.05, 4.69) is 27.5 Å². The van der Waals surface area contributed by atoms with Crippen LogP contribution in [0.2, 0.25) is 0 Å². The number of rotatable bonds is 8. The van der Waals surface area contributed by atoms with Crippen molar-refractivity contribution < 1.29 is 9.18 Å². The van der Waals surface area contributed by atoms with E-state index < -0.39 is 6.04 Å². The Morgan fingerprint density at radius 2 is 2.07 bits per heavy atom. The van der Waals surface area contributed by atoms with E-state index in [1.54, 1.807) is 35.2 Å². The van der Waals surface area contributed by atoms with Crippen LogP contribution in [0.25, 0.3) is 10.2 Å². The SMILES string of the molecule is Cc1sc2ncnc(N[C@H](C)C(=O)NCCSCc3ccccc3F)c2c1C. The molecule has 0 aliphatic rings. The fourth-order valence-electron chi connectivity index (χ4n) is 2.76. The lowest BCUT2D eigenvalue weighted by Crippen LogP contribution is -2.38. The zero-order valence-electron chi connectivity index (χ0n) is 16.1. The molecule has 3 rings (SSSR count). The molecule has 2 aromatic heterocycles. The average molecular weight is 419 g/mol. The van der Waals surface area contributed by atoms with Gasteiger partial charge in [-0.25, -0.2) is 14.4 Å². The van der Waals surface area contributed by atoms with Crippen LogP contribution in [-0.2, 0) is 10.5 Å². The second-order valence-corrected chi connectivity index (χ2v) is 8.80. The van der Waals surface area contributed by atoms with Gasteiger partial charge in [-0.15, -0.1) is 11.3 Å². The summed E-state index contributed by atoms with van der Waals surface area (Å²) in [5.41, 5.74) is 1.82. The van der Waals surface area contributed by atoms with Crippen LogP contribution >= 0.6 is 23.1 Å². The maximum atomic E-state index is 13.6. The molecule has 5 nitrogen and oxygen atoms in total. The van der Waals surface area contributed by atoms with Crippen molar-refractivity contribution in [2.24, 2.45) is 0 Å². The van der Waals surface area contributed by atoms with Gasteiger partial charge in [0.25, 0.3) is 0 Å². The molecule has 0 fully saturated rings. The van der Waals surface area contributed by atoms with E-state index in [0.29, 0.717) is 29.4 Å². The molecule has 0 aliphatic carbocycles. The number of hydrogen-bond acceptors (Lipinski definition) is 6. The Hall–Kier alpha value is -2.19. The molecule has 1 amide bonds. The van der Waals surface area contributed by atoms with Crippen LogP contribution in [0.15, 0.2) is 30.6 Å². The number of halogens is 1. The van der Waals surface area contributed by atoms with Gasteiger partial charge in [0.05, 0.1) is 5.39 Å². The van der Waals surface area contributed by atoms with Crippen molar-refractivity contribution in [2.45, 2.75) is 32.6 Å². The highest BCUT2D eigenvalue weighted by Crippen LogP contribution is 2.32. The molecule has 0 saturated heterocycles. The third-order valence-electron chi connectivity index (χ3n) is 4.47. The van der Waals surface area contributed by atoms with Gasteiger partial charge in [0.15, 0.2) is 0 Å². The van der Waals surface area contributed by atoms with Crippen LogP contribution in [0.1, 0.15) is 22.9 Å². The summed E-state index contributed by atoms with van der Waals surface area (Å²) in [6.07, 6.45) is 1.52. The lowest BCUT2D eigenvalue weighted by Gasteiger charge is -2.15. The summed E-state index contributed by atoms with van der Waals surface area (Å²) in [5.74, 6) is 1.71. The van der Waals surface area contributed by atoms with E-state index in [0.717, 1.165) is 15.8 Å². The molecule has 2 N–H and O–H groups in total. The molecule has 2 heterocycles. The zero-order valence-corrected chi connectivity index (χ0v) is 17.7. The minimum atomic E-state index is -0.422. The zero-order chi connectivity index (χ0) is 20.1. The Balaban J connectivity index is 1.48. The first-order chi connectivity index (χ1) is 13.5. The number of amides is 1. The number of benzene rings is 1. The maximum absolute atomic E-state index is 13.6. The predicted molar refractivity (Wildman–Crippen MR) is 116 cm³/mol. The van der Waals surface area contributed by atoms with Crippen molar-refractivity contribution in [3.05, 3.63) is 52.4 Å². The molecule has 1 aromatic carbocycles. The molecule has 8 heteroatoms. The summed E-state index contributed by atoms with van der Waals surface area (Å²) >= 11 is 3.22. The number of nitrogens with one attached hydrogen (secondary N) is 2. The van der Waals surface area contributed by atoms with E-state index in [-0.39, 0.29) is 11.7 Å². The maximum Gasteiger partial charge on any atom is 0.242 e. The smallest absolute Gasteiger partial charge is 0.242 e. The van der Waals surface area contributed by atoms with Gasteiger partial charge in [-0.2, -0.15) is 11.8 Å². The number of aromatic nitrogens is 2. The number of fused-ring (bicyclic) bond motifs is 1. The van der Waals surface area contributed by atoms with E-state index in [4.69, 9.17) is 0 Å². The summed E-state index contributed by atoms with van der Waals surface area (Å²) in [5, 5.41) is 7.09. The van der Waals surface area contributed by atoms with Crippen LogP contribution < -0.4 is 10.6 Å². The third kappa shape index (κ3) is 4.80. The van der Waals surface area contributed by atoms with E-state index in [1.165, 1.54) is 17.3 Å².